The number of hydrogen-bond acceptors (Lipinski definition) is 5. The molecule has 0 aliphatic carbocycles. The Labute approximate surface area is 243 Å². The molecule has 3 aromatic rings. The summed E-state index contributed by atoms with van der Waals surface area (Å²) in [4.78, 5) is 29.9. The molecule has 0 radical (unpaired) electrons. The maximum absolute atomic E-state index is 14.1. The Kier molecular flexibility index (Phi) is 11.2. The van der Waals surface area contributed by atoms with Crippen LogP contribution >= 0.6 is 11.8 Å². The third kappa shape index (κ3) is 7.88. The molecule has 0 aromatic heterocycles. The summed E-state index contributed by atoms with van der Waals surface area (Å²) in [5.41, 5.74) is 2.20. The number of carbonyl (C=O) groups is 2. The zero-order valence-electron chi connectivity index (χ0n) is 23.8. The molecular formula is C31H39N3O4S2. The third-order valence-corrected chi connectivity index (χ3v) is 9.36. The first-order valence-electron chi connectivity index (χ1n) is 13.5. The van der Waals surface area contributed by atoms with Crippen LogP contribution in [-0.4, -0.2) is 50.0 Å². The van der Waals surface area contributed by atoms with E-state index in [0.717, 1.165) is 26.7 Å². The molecule has 7 nitrogen and oxygen atoms in total. The zero-order valence-corrected chi connectivity index (χ0v) is 25.5. The van der Waals surface area contributed by atoms with Gasteiger partial charge in [-0.05, 0) is 74.9 Å². The number of nitrogens with one attached hydrogen (secondary N) is 1. The minimum absolute atomic E-state index is 0.0519. The number of nitrogens with zero attached hydrogens (tertiary/aromatic N) is 2. The van der Waals surface area contributed by atoms with Crippen molar-refractivity contribution in [2.75, 3.05) is 17.1 Å². The van der Waals surface area contributed by atoms with E-state index in [1.54, 1.807) is 36.4 Å². The average Bonchev–Trinajstić information content (AvgIpc) is 2.96. The molecule has 0 bridgehead atoms. The molecule has 0 spiro atoms. The van der Waals surface area contributed by atoms with Crippen molar-refractivity contribution in [1.82, 2.24) is 10.2 Å². The summed E-state index contributed by atoms with van der Waals surface area (Å²) in [5, 5.41) is 2.99. The molecule has 40 heavy (non-hydrogen) atoms. The predicted octanol–water partition coefficient (Wildman–Crippen LogP) is 5.63. The number of thioether (sulfide) groups is 1. The minimum atomic E-state index is -4.09. The molecule has 0 saturated heterocycles. The Hall–Kier alpha value is -3.30. The largest absolute Gasteiger partial charge is 0.352 e. The number of rotatable bonds is 13. The highest BCUT2D eigenvalue weighted by atomic mass is 32.2. The summed E-state index contributed by atoms with van der Waals surface area (Å²) in [6.45, 7) is 7.40. The Balaban J connectivity index is 2.04. The van der Waals surface area contributed by atoms with Gasteiger partial charge in [0.05, 0.1) is 10.6 Å². The highest BCUT2D eigenvalue weighted by Crippen LogP contribution is 2.27. The number of anilines is 1. The molecule has 0 heterocycles. The summed E-state index contributed by atoms with van der Waals surface area (Å²) in [5.74, 6) is -0.710. The summed E-state index contributed by atoms with van der Waals surface area (Å²) in [6.07, 6.45) is 3.06. The van der Waals surface area contributed by atoms with Crippen molar-refractivity contribution < 1.29 is 18.0 Å². The van der Waals surface area contributed by atoms with E-state index >= 15 is 0 Å². The van der Waals surface area contributed by atoms with Gasteiger partial charge in [0.25, 0.3) is 10.0 Å². The first-order chi connectivity index (χ1) is 19.1. The summed E-state index contributed by atoms with van der Waals surface area (Å²) in [6, 6.07) is 22.3. The highest BCUT2D eigenvalue weighted by molar-refractivity contribution is 7.98. The number of benzene rings is 3. The fourth-order valence-corrected chi connectivity index (χ4v) is 6.08. The molecule has 0 aliphatic rings. The molecular weight excluding hydrogens is 542 g/mol. The van der Waals surface area contributed by atoms with Crippen LogP contribution in [0.4, 0.5) is 5.69 Å². The van der Waals surface area contributed by atoms with Crippen molar-refractivity contribution in [2.24, 2.45) is 0 Å². The van der Waals surface area contributed by atoms with Crippen molar-refractivity contribution in [3.05, 3.63) is 90.0 Å². The lowest BCUT2D eigenvalue weighted by Gasteiger charge is -2.33. The monoisotopic (exact) mass is 581 g/mol. The van der Waals surface area contributed by atoms with Gasteiger partial charge in [0.2, 0.25) is 11.8 Å². The van der Waals surface area contributed by atoms with Crippen LogP contribution < -0.4 is 9.62 Å². The molecule has 2 atom stereocenters. The quantitative estimate of drug-likeness (QED) is 0.264. The van der Waals surface area contributed by atoms with Crippen molar-refractivity contribution in [1.29, 1.82) is 0 Å². The van der Waals surface area contributed by atoms with Crippen molar-refractivity contribution in [3.63, 3.8) is 0 Å². The smallest absolute Gasteiger partial charge is 0.264 e. The van der Waals surface area contributed by atoms with Crippen LogP contribution in [0.2, 0.25) is 0 Å². The van der Waals surface area contributed by atoms with Crippen molar-refractivity contribution in [3.8, 4) is 0 Å². The standard InChI is InChI=1S/C31H39N3O4S2/c1-6-24(4)32-31(36)29(7-2)33(21-25-11-9-8-10-12-25)30(35)22-34(26-15-13-23(3)14-16-26)40(37,38)28-19-17-27(39-5)18-20-28/h8-20,24,29H,6-7,21-22H2,1-5H3,(H,32,36)/t24-,29+/m1/s1. The Morgan fingerprint density at radius 3 is 2.08 bits per heavy atom. The van der Waals surface area contributed by atoms with Crippen LogP contribution in [0.1, 0.15) is 44.7 Å². The fourth-order valence-electron chi connectivity index (χ4n) is 4.26. The fraction of sp³-hybridized carbons (Fsp3) is 0.355. The van der Waals surface area contributed by atoms with Gasteiger partial charge < -0.3 is 10.2 Å². The second-order valence-electron chi connectivity index (χ2n) is 9.77. The Morgan fingerprint density at radius 1 is 0.900 bits per heavy atom. The van der Waals surface area contributed by atoms with E-state index in [1.807, 2.05) is 76.4 Å². The zero-order chi connectivity index (χ0) is 29.3. The lowest BCUT2D eigenvalue weighted by Crippen LogP contribution is -2.53. The van der Waals surface area contributed by atoms with E-state index in [-0.39, 0.29) is 23.4 Å². The average molecular weight is 582 g/mol. The SMILES string of the molecule is CC[C@@H](C)NC(=O)[C@H](CC)N(Cc1ccccc1)C(=O)CN(c1ccc(C)cc1)S(=O)(=O)c1ccc(SC)cc1. The number of hydrogen-bond donors (Lipinski definition) is 1. The van der Waals surface area contributed by atoms with Crippen LogP contribution in [0.3, 0.4) is 0 Å². The lowest BCUT2D eigenvalue weighted by molar-refractivity contribution is -0.140. The Morgan fingerprint density at radius 2 is 1.52 bits per heavy atom. The van der Waals surface area contributed by atoms with E-state index in [4.69, 9.17) is 0 Å². The summed E-state index contributed by atoms with van der Waals surface area (Å²) >= 11 is 1.52. The van der Waals surface area contributed by atoms with Crippen molar-refractivity contribution in [2.45, 2.75) is 69.0 Å². The maximum atomic E-state index is 14.1. The molecule has 1 N–H and O–H groups in total. The minimum Gasteiger partial charge on any atom is -0.352 e. The van der Waals surface area contributed by atoms with Crippen LogP contribution in [0, 0.1) is 6.92 Å². The van der Waals surface area contributed by atoms with E-state index in [0.29, 0.717) is 12.1 Å². The van der Waals surface area contributed by atoms with Gasteiger partial charge in [-0.15, -0.1) is 11.8 Å². The van der Waals surface area contributed by atoms with Crippen LogP contribution in [-0.2, 0) is 26.2 Å². The van der Waals surface area contributed by atoms with Crippen LogP contribution in [0.25, 0.3) is 0 Å². The molecule has 9 heteroatoms. The second-order valence-corrected chi connectivity index (χ2v) is 12.5. The predicted molar refractivity (Wildman–Crippen MR) is 163 cm³/mol. The molecule has 214 valence electrons. The molecule has 3 rings (SSSR count). The van der Waals surface area contributed by atoms with E-state index < -0.39 is 28.5 Å². The third-order valence-electron chi connectivity index (χ3n) is 6.83. The summed E-state index contributed by atoms with van der Waals surface area (Å²) < 4.78 is 29.1. The van der Waals surface area contributed by atoms with E-state index in [9.17, 15) is 18.0 Å². The topological polar surface area (TPSA) is 86.8 Å². The molecule has 2 amide bonds. The van der Waals surface area contributed by atoms with Gasteiger partial charge in [-0.3, -0.25) is 13.9 Å². The lowest BCUT2D eigenvalue weighted by atomic mass is 10.1. The van der Waals surface area contributed by atoms with Gasteiger partial charge in [0.15, 0.2) is 0 Å². The molecule has 0 fully saturated rings. The molecule has 3 aromatic carbocycles. The highest BCUT2D eigenvalue weighted by Gasteiger charge is 2.34. The Bertz CT molecular complexity index is 1360. The summed E-state index contributed by atoms with van der Waals surface area (Å²) in [7, 11) is -4.09. The van der Waals surface area contributed by atoms with E-state index in [2.05, 4.69) is 5.32 Å². The number of amides is 2. The normalized spacial score (nSPS) is 12.8. The van der Waals surface area contributed by atoms with Crippen LogP contribution in [0.15, 0.2) is 88.7 Å². The van der Waals surface area contributed by atoms with E-state index in [1.165, 1.54) is 16.7 Å². The first-order valence-corrected chi connectivity index (χ1v) is 16.1. The van der Waals surface area contributed by atoms with Gasteiger partial charge in [0, 0.05) is 17.5 Å². The molecule has 0 saturated carbocycles. The van der Waals surface area contributed by atoms with Gasteiger partial charge in [-0.25, -0.2) is 8.42 Å². The number of aryl methyl sites for hydroxylation is 1. The van der Waals surface area contributed by atoms with Gasteiger partial charge in [0.1, 0.15) is 12.6 Å². The van der Waals surface area contributed by atoms with Gasteiger partial charge in [-0.2, -0.15) is 0 Å². The molecule has 0 unspecified atom stereocenters. The van der Waals surface area contributed by atoms with Crippen molar-refractivity contribution >= 4 is 39.3 Å². The number of carbonyl (C=O) groups excluding carboxylic acids is 2. The number of sulfonamides is 1. The first kappa shape index (κ1) is 31.2. The van der Waals surface area contributed by atoms with Gasteiger partial charge >= 0.3 is 0 Å². The molecule has 0 aliphatic heterocycles. The maximum Gasteiger partial charge on any atom is 0.264 e. The second kappa shape index (κ2) is 14.4. The van der Waals surface area contributed by atoms with Crippen LogP contribution in [0.5, 0.6) is 0 Å². The van der Waals surface area contributed by atoms with Gasteiger partial charge in [-0.1, -0.05) is 61.9 Å².